The molecular formula is C21H33N5O2. The van der Waals surface area contributed by atoms with Crippen molar-refractivity contribution >= 4 is 11.6 Å². The van der Waals surface area contributed by atoms with Gasteiger partial charge in [-0.3, -0.25) is 9.80 Å². The first-order valence-corrected chi connectivity index (χ1v) is 10.7. The molecule has 0 spiro atoms. The Bertz CT molecular complexity index is 659. The van der Waals surface area contributed by atoms with E-state index in [2.05, 4.69) is 65.5 Å². The number of hydrogen-bond donors (Lipinski definition) is 0. The van der Waals surface area contributed by atoms with Crippen molar-refractivity contribution in [3.8, 4) is 0 Å². The molecule has 7 nitrogen and oxygen atoms in total. The van der Waals surface area contributed by atoms with Crippen LogP contribution < -0.4 is 9.80 Å². The fourth-order valence-corrected chi connectivity index (χ4v) is 5.07. The van der Waals surface area contributed by atoms with E-state index in [4.69, 9.17) is 14.5 Å². The highest BCUT2D eigenvalue weighted by Crippen LogP contribution is 2.33. The lowest BCUT2D eigenvalue weighted by molar-refractivity contribution is 0.0677. The molecule has 7 heteroatoms. The van der Waals surface area contributed by atoms with Crippen LogP contribution in [0.15, 0.2) is 18.2 Å². The second-order valence-electron chi connectivity index (χ2n) is 9.31. The third kappa shape index (κ3) is 3.09. The van der Waals surface area contributed by atoms with Crippen LogP contribution in [-0.2, 0) is 9.47 Å². The molecule has 0 N–H and O–H groups in total. The maximum atomic E-state index is 6.04. The molecule has 4 saturated heterocycles. The van der Waals surface area contributed by atoms with E-state index in [0.29, 0.717) is 23.9 Å². The molecule has 4 aliphatic rings. The number of anilines is 2. The fraction of sp³-hybridized carbons (Fsp3) is 0.762. The smallest absolute Gasteiger partial charge is 0.132 e. The summed E-state index contributed by atoms with van der Waals surface area (Å²) < 4.78 is 12.1. The quantitative estimate of drug-likeness (QED) is 0.783. The van der Waals surface area contributed by atoms with E-state index in [1.807, 2.05) is 0 Å². The van der Waals surface area contributed by atoms with E-state index < -0.39 is 0 Å². The summed E-state index contributed by atoms with van der Waals surface area (Å²) in [5.74, 6) is 3.31. The van der Waals surface area contributed by atoms with Crippen molar-refractivity contribution in [2.45, 2.75) is 52.2 Å². The monoisotopic (exact) mass is 387 g/mol. The predicted octanol–water partition coefficient (Wildman–Crippen LogP) is 2.00. The van der Waals surface area contributed by atoms with Gasteiger partial charge in [-0.2, -0.15) is 0 Å². The van der Waals surface area contributed by atoms with Crippen molar-refractivity contribution in [3.63, 3.8) is 0 Å². The summed E-state index contributed by atoms with van der Waals surface area (Å²) in [6.07, 6.45) is 0.408. The minimum atomic E-state index is 0.204. The highest BCUT2D eigenvalue weighted by atomic mass is 16.5. The summed E-state index contributed by atoms with van der Waals surface area (Å²) >= 11 is 0. The van der Waals surface area contributed by atoms with Crippen LogP contribution in [0.4, 0.5) is 11.6 Å². The Kier molecular flexibility index (Phi) is 4.74. The van der Waals surface area contributed by atoms with Crippen LogP contribution in [0.5, 0.6) is 0 Å². The summed E-state index contributed by atoms with van der Waals surface area (Å²) in [7, 11) is 0. The molecule has 4 fully saturated rings. The van der Waals surface area contributed by atoms with Crippen LogP contribution in [0.3, 0.4) is 0 Å². The van der Waals surface area contributed by atoms with Crippen LogP contribution in [0.2, 0.25) is 0 Å². The minimum Gasteiger partial charge on any atom is -0.360 e. The number of fused-ring (bicyclic) bond motifs is 2. The van der Waals surface area contributed by atoms with Gasteiger partial charge in [0.15, 0.2) is 0 Å². The number of ether oxygens (including phenoxy) is 2. The predicted molar refractivity (Wildman–Crippen MR) is 109 cm³/mol. The molecule has 0 radical (unpaired) electrons. The summed E-state index contributed by atoms with van der Waals surface area (Å²) in [5, 5.41) is 0. The van der Waals surface area contributed by atoms with Gasteiger partial charge in [-0.25, -0.2) is 4.98 Å². The van der Waals surface area contributed by atoms with Crippen molar-refractivity contribution in [2.75, 3.05) is 49.4 Å². The van der Waals surface area contributed by atoms with Crippen molar-refractivity contribution in [3.05, 3.63) is 18.2 Å². The summed E-state index contributed by atoms with van der Waals surface area (Å²) in [4.78, 5) is 14.7. The minimum absolute atomic E-state index is 0.204. The lowest BCUT2D eigenvalue weighted by Crippen LogP contribution is -2.38. The maximum absolute atomic E-state index is 6.04. The second kappa shape index (κ2) is 7.13. The van der Waals surface area contributed by atoms with E-state index >= 15 is 0 Å². The molecule has 0 bridgehead atoms. The second-order valence-corrected chi connectivity index (χ2v) is 9.31. The molecule has 0 saturated carbocycles. The lowest BCUT2D eigenvalue weighted by atomic mass is 10.1. The Hall–Kier alpha value is -1.41. The van der Waals surface area contributed by atoms with Gasteiger partial charge in [0.25, 0.3) is 0 Å². The molecule has 0 amide bonds. The van der Waals surface area contributed by atoms with Crippen molar-refractivity contribution in [1.29, 1.82) is 0 Å². The van der Waals surface area contributed by atoms with Crippen LogP contribution in [0.25, 0.3) is 0 Å². The summed E-state index contributed by atoms with van der Waals surface area (Å²) in [6, 6.07) is 7.40. The summed E-state index contributed by atoms with van der Waals surface area (Å²) in [6.45, 7) is 14.4. The number of nitrogens with zero attached hydrogens (tertiary/aromatic N) is 5. The molecule has 154 valence electrons. The third-order valence-electron chi connectivity index (χ3n) is 6.84. The molecule has 1 aromatic heterocycles. The van der Waals surface area contributed by atoms with Crippen LogP contribution >= 0.6 is 0 Å². The van der Waals surface area contributed by atoms with Gasteiger partial charge in [-0.05, 0) is 24.0 Å². The Morgan fingerprint density at radius 3 is 1.71 bits per heavy atom. The Morgan fingerprint density at radius 1 is 0.821 bits per heavy atom. The first-order chi connectivity index (χ1) is 13.5. The van der Waals surface area contributed by atoms with Gasteiger partial charge in [0.05, 0.1) is 39.6 Å². The highest BCUT2D eigenvalue weighted by molar-refractivity contribution is 5.50. The van der Waals surface area contributed by atoms with E-state index in [9.17, 15) is 0 Å². The molecule has 5 heterocycles. The fourth-order valence-electron chi connectivity index (χ4n) is 5.07. The van der Waals surface area contributed by atoms with Gasteiger partial charge >= 0.3 is 0 Å². The van der Waals surface area contributed by atoms with E-state index in [1.165, 1.54) is 0 Å². The molecule has 28 heavy (non-hydrogen) atoms. The van der Waals surface area contributed by atoms with Crippen molar-refractivity contribution in [1.82, 2.24) is 14.8 Å². The molecule has 0 aromatic carbocycles. The normalized spacial score (nSPS) is 33.5. The van der Waals surface area contributed by atoms with Gasteiger partial charge < -0.3 is 19.3 Å². The van der Waals surface area contributed by atoms with Gasteiger partial charge in [0, 0.05) is 12.1 Å². The zero-order chi connectivity index (χ0) is 19.4. The van der Waals surface area contributed by atoms with E-state index in [1.54, 1.807) is 0 Å². The third-order valence-corrected chi connectivity index (χ3v) is 6.84. The highest BCUT2D eigenvalue weighted by Gasteiger charge is 2.44. The SMILES string of the molecule is CC(C)[C@H]1COC2CN(c3cccc(N4CC5OC[C@H](C(C)C)N5C4)n3)CN21. The molecule has 0 aliphatic carbocycles. The molecule has 4 aliphatic heterocycles. The molecule has 2 unspecified atom stereocenters. The number of aromatic nitrogens is 1. The molecular weight excluding hydrogens is 354 g/mol. The number of rotatable bonds is 4. The van der Waals surface area contributed by atoms with Gasteiger partial charge in [-0.15, -0.1) is 0 Å². The van der Waals surface area contributed by atoms with Crippen LogP contribution in [0.1, 0.15) is 27.7 Å². The number of pyridine rings is 1. The molecule has 5 rings (SSSR count). The van der Waals surface area contributed by atoms with Gasteiger partial charge in [0.2, 0.25) is 0 Å². The van der Waals surface area contributed by atoms with Crippen molar-refractivity contribution < 1.29 is 9.47 Å². The first kappa shape index (κ1) is 18.6. The lowest BCUT2D eigenvalue weighted by Gasteiger charge is -2.27. The zero-order valence-electron chi connectivity index (χ0n) is 17.5. The van der Waals surface area contributed by atoms with E-state index in [0.717, 1.165) is 51.3 Å². The summed E-state index contributed by atoms with van der Waals surface area (Å²) in [5.41, 5.74) is 0. The Morgan fingerprint density at radius 2 is 1.29 bits per heavy atom. The first-order valence-electron chi connectivity index (χ1n) is 10.7. The van der Waals surface area contributed by atoms with Crippen LogP contribution in [-0.4, -0.2) is 79.0 Å². The average Bonchev–Trinajstić information content (AvgIpc) is 3.40. The molecule has 1 aromatic rings. The van der Waals surface area contributed by atoms with Crippen molar-refractivity contribution in [2.24, 2.45) is 11.8 Å². The standard InChI is InChI=1S/C21H33N5O2/c1-14(2)16-10-27-20-8-23(12-25(16)20)18-6-5-7-19(22-18)24-9-21-26(13-24)17(11-28-21)15(3)4/h5-7,14-17,20-21H,8-13H2,1-4H3/t16-,17-,20?,21?/m1/s1. The Balaban J connectivity index is 1.29. The average molecular weight is 388 g/mol. The number of hydrogen-bond acceptors (Lipinski definition) is 7. The molecule has 4 atom stereocenters. The van der Waals surface area contributed by atoms with Gasteiger partial charge in [-0.1, -0.05) is 33.8 Å². The largest absolute Gasteiger partial charge is 0.360 e. The maximum Gasteiger partial charge on any atom is 0.132 e. The van der Waals surface area contributed by atoms with E-state index in [-0.39, 0.29) is 12.5 Å². The van der Waals surface area contributed by atoms with Crippen LogP contribution in [0, 0.1) is 11.8 Å². The Labute approximate surface area is 168 Å². The zero-order valence-corrected chi connectivity index (χ0v) is 17.5. The topological polar surface area (TPSA) is 44.3 Å². The van der Waals surface area contributed by atoms with Gasteiger partial charge in [0.1, 0.15) is 24.1 Å².